The smallest absolute Gasteiger partial charge is 0.159 e. The molecular formula is C11H11Br2N5O. The average molecular weight is 389 g/mol. The van der Waals surface area contributed by atoms with E-state index in [-0.39, 0.29) is 0 Å². The topological polar surface area (TPSA) is 85.1 Å². The molecular weight excluding hydrogens is 378 g/mol. The third kappa shape index (κ3) is 3.14. The fourth-order valence-electron chi connectivity index (χ4n) is 1.41. The monoisotopic (exact) mass is 387 g/mol. The Labute approximate surface area is 127 Å². The first kappa shape index (κ1) is 14.0. The predicted molar refractivity (Wildman–Crippen MR) is 81.5 cm³/mol. The summed E-state index contributed by atoms with van der Waals surface area (Å²) in [6.45, 7) is 0. The van der Waals surface area contributed by atoms with Gasteiger partial charge in [-0.3, -0.25) is 0 Å². The maximum absolute atomic E-state index is 5.36. The molecule has 2 rings (SSSR count). The van der Waals surface area contributed by atoms with E-state index in [9.17, 15) is 0 Å². The molecule has 2 aromatic rings. The Bertz CT molecular complexity index is 593. The molecule has 0 amide bonds. The molecule has 19 heavy (non-hydrogen) atoms. The maximum Gasteiger partial charge on any atom is 0.159 e. The molecule has 0 radical (unpaired) electrons. The molecule has 0 saturated heterocycles. The lowest BCUT2D eigenvalue weighted by molar-refractivity contribution is 0.415. The van der Waals surface area contributed by atoms with Gasteiger partial charge < -0.3 is 15.5 Å². The van der Waals surface area contributed by atoms with Crippen molar-refractivity contribution in [2.45, 2.75) is 0 Å². The second-order valence-electron chi connectivity index (χ2n) is 3.50. The number of hydrazine groups is 1. The normalized spacial score (nSPS) is 10.1. The van der Waals surface area contributed by atoms with Gasteiger partial charge in [-0.05, 0) is 44.0 Å². The van der Waals surface area contributed by atoms with Crippen molar-refractivity contribution < 1.29 is 4.74 Å². The Balaban J connectivity index is 2.36. The third-order valence-corrected chi connectivity index (χ3v) is 3.80. The highest BCUT2D eigenvalue weighted by Crippen LogP contribution is 2.33. The number of halogens is 2. The molecule has 0 spiro atoms. The van der Waals surface area contributed by atoms with Crippen molar-refractivity contribution in [3.63, 3.8) is 0 Å². The number of anilines is 3. The van der Waals surface area contributed by atoms with E-state index >= 15 is 0 Å². The van der Waals surface area contributed by atoms with Gasteiger partial charge in [0.1, 0.15) is 22.4 Å². The van der Waals surface area contributed by atoms with Crippen molar-refractivity contribution in [2.24, 2.45) is 5.84 Å². The van der Waals surface area contributed by atoms with Crippen LogP contribution in [0.4, 0.5) is 17.3 Å². The van der Waals surface area contributed by atoms with E-state index in [4.69, 9.17) is 10.6 Å². The highest BCUT2D eigenvalue weighted by atomic mass is 79.9. The first-order chi connectivity index (χ1) is 9.15. The number of nitrogens with zero attached hydrogens (tertiary/aromatic N) is 2. The van der Waals surface area contributed by atoms with E-state index in [1.165, 1.54) is 6.33 Å². The van der Waals surface area contributed by atoms with E-state index in [1.54, 1.807) is 7.11 Å². The second kappa shape index (κ2) is 6.18. The lowest BCUT2D eigenvalue weighted by Gasteiger charge is -2.12. The standard InChI is InChI=1S/C11H11Br2N5O/c1-19-6-2-3-7(12)8(4-6)17-10-9(13)11(18-14)16-5-15-10/h2-5H,14H2,1H3,(H2,15,16,17,18). The minimum Gasteiger partial charge on any atom is -0.497 e. The summed E-state index contributed by atoms with van der Waals surface area (Å²) in [4.78, 5) is 8.14. The van der Waals surface area contributed by atoms with Crippen molar-refractivity contribution in [2.75, 3.05) is 17.9 Å². The molecule has 0 fully saturated rings. The third-order valence-electron chi connectivity index (χ3n) is 2.35. The average Bonchev–Trinajstić information content (AvgIpc) is 2.43. The highest BCUT2D eigenvalue weighted by Gasteiger charge is 2.10. The number of benzene rings is 1. The van der Waals surface area contributed by atoms with Crippen LogP contribution in [0.1, 0.15) is 0 Å². The van der Waals surface area contributed by atoms with Gasteiger partial charge in [0.25, 0.3) is 0 Å². The van der Waals surface area contributed by atoms with E-state index in [0.29, 0.717) is 16.1 Å². The molecule has 0 bridgehead atoms. The lowest BCUT2D eigenvalue weighted by Crippen LogP contribution is -2.10. The van der Waals surface area contributed by atoms with Crippen molar-refractivity contribution in [3.8, 4) is 5.75 Å². The molecule has 0 aliphatic heterocycles. The van der Waals surface area contributed by atoms with Crippen molar-refractivity contribution in [1.29, 1.82) is 0 Å². The number of nitrogens with one attached hydrogen (secondary N) is 2. The van der Waals surface area contributed by atoms with Gasteiger partial charge in [0, 0.05) is 10.5 Å². The van der Waals surface area contributed by atoms with Crippen LogP contribution in [-0.4, -0.2) is 17.1 Å². The molecule has 0 aliphatic carbocycles. The summed E-state index contributed by atoms with van der Waals surface area (Å²) >= 11 is 6.84. The van der Waals surface area contributed by atoms with Gasteiger partial charge in [-0.1, -0.05) is 0 Å². The van der Waals surface area contributed by atoms with Crippen LogP contribution in [0.5, 0.6) is 5.75 Å². The number of methoxy groups -OCH3 is 1. The summed E-state index contributed by atoms with van der Waals surface area (Å²) in [5.74, 6) is 7.20. The van der Waals surface area contributed by atoms with E-state index in [1.807, 2.05) is 18.2 Å². The van der Waals surface area contributed by atoms with Crippen LogP contribution in [0.25, 0.3) is 0 Å². The molecule has 8 heteroatoms. The van der Waals surface area contributed by atoms with Gasteiger partial charge in [0.2, 0.25) is 0 Å². The Hall–Kier alpha value is -1.38. The zero-order chi connectivity index (χ0) is 13.8. The number of nitrogen functional groups attached to an aromatic ring is 1. The van der Waals surface area contributed by atoms with Gasteiger partial charge in [0.15, 0.2) is 5.82 Å². The first-order valence-corrected chi connectivity index (χ1v) is 6.82. The molecule has 100 valence electrons. The molecule has 6 nitrogen and oxygen atoms in total. The zero-order valence-corrected chi connectivity index (χ0v) is 13.1. The summed E-state index contributed by atoms with van der Waals surface area (Å²) < 4.78 is 6.72. The maximum atomic E-state index is 5.36. The SMILES string of the molecule is COc1ccc(Br)c(Nc2ncnc(NN)c2Br)c1. The van der Waals surface area contributed by atoms with Crippen molar-refractivity contribution in [3.05, 3.63) is 33.5 Å². The summed E-state index contributed by atoms with van der Waals surface area (Å²) in [6, 6.07) is 5.60. The highest BCUT2D eigenvalue weighted by molar-refractivity contribution is 9.11. The zero-order valence-electron chi connectivity index (χ0n) is 9.95. The molecule has 0 atom stereocenters. The molecule has 1 aromatic heterocycles. The number of rotatable bonds is 4. The van der Waals surface area contributed by atoms with Crippen LogP contribution in [0, 0.1) is 0 Å². The molecule has 1 heterocycles. The van der Waals surface area contributed by atoms with Gasteiger partial charge in [0.05, 0.1) is 12.8 Å². The fraction of sp³-hybridized carbons (Fsp3) is 0.0909. The van der Waals surface area contributed by atoms with Crippen LogP contribution in [-0.2, 0) is 0 Å². The van der Waals surface area contributed by atoms with Crippen LogP contribution in [0.2, 0.25) is 0 Å². The Morgan fingerprint density at radius 3 is 2.63 bits per heavy atom. The quantitative estimate of drug-likeness (QED) is 0.551. The number of aromatic nitrogens is 2. The van der Waals surface area contributed by atoms with E-state index < -0.39 is 0 Å². The van der Waals surface area contributed by atoms with Gasteiger partial charge in [-0.2, -0.15) is 0 Å². The van der Waals surface area contributed by atoms with Crippen LogP contribution >= 0.6 is 31.9 Å². The first-order valence-electron chi connectivity index (χ1n) is 5.23. The number of hydrogen-bond acceptors (Lipinski definition) is 6. The largest absolute Gasteiger partial charge is 0.497 e. The van der Waals surface area contributed by atoms with Crippen molar-refractivity contribution in [1.82, 2.24) is 9.97 Å². The summed E-state index contributed by atoms with van der Waals surface area (Å²) in [5, 5.41) is 3.17. The Kier molecular flexibility index (Phi) is 4.56. The van der Waals surface area contributed by atoms with Gasteiger partial charge >= 0.3 is 0 Å². The van der Waals surface area contributed by atoms with Gasteiger partial charge in [-0.15, -0.1) is 0 Å². The Morgan fingerprint density at radius 1 is 1.21 bits per heavy atom. The number of hydrogen-bond donors (Lipinski definition) is 3. The van der Waals surface area contributed by atoms with Crippen LogP contribution in [0.15, 0.2) is 33.5 Å². The lowest BCUT2D eigenvalue weighted by atomic mass is 10.3. The molecule has 0 aliphatic rings. The molecule has 0 unspecified atom stereocenters. The number of nitrogens with two attached hydrogens (primary N) is 1. The molecule has 4 N–H and O–H groups in total. The fourth-order valence-corrected chi connectivity index (χ4v) is 2.18. The summed E-state index contributed by atoms with van der Waals surface area (Å²) in [6.07, 6.45) is 1.41. The second-order valence-corrected chi connectivity index (χ2v) is 5.15. The van der Waals surface area contributed by atoms with Crippen molar-refractivity contribution >= 4 is 49.2 Å². The van der Waals surface area contributed by atoms with Gasteiger partial charge in [-0.25, -0.2) is 15.8 Å². The molecule has 1 aromatic carbocycles. The summed E-state index contributed by atoms with van der Waals surface area (Å²) in [7, 11) is 1.62. The minimum atomic E-state index is 0.497. The van der Waals surface area contributed by atoms with E-state index in [2.05, 4.69) is 52.6 Å². The predicted octanol–water partition coefficient (Wildman–Crippen LogP) is 3.04. The molecule has 0 saturated carbocycles. The number of ether oxygens (including phenoxy) is 1. The Morgan fingerprint density at radius 2 is 1.95 bits per heavy atom. The van der Waals surface area contributed by atoms with Crippen LogP contribution in [0.3, 0.4) is 0 Å². The van der Waals surface area contributed by atoms with E-state index in [0.717, 1.165) is 15.9 Å². The summed E-state index contributed by atoms with van der Waals surface area (Å²) in [5.41, 5.74) is 3.31. The minimum absolute atomic E-state index is 0.497. The van der Waals surface area contributed by atoms with Crippen LogP contribution < -0.4 is 21.3 Å².